The second-order valence-electron chi connectivity index (χ2n) is 8.03. The number of anilines is 2. The van der Waals surface area contributed by atoms with Crippen LogP contribution in [0.1, 0.15) is 16.8 Å². The molecule has 0 unspecified atom stereocenters. The number of H-pyrrole nitrogens is 2. The minimum atomic E-state index is 0.464. The molecule has 5 aromatic rings. The number of hydrogen-bond acceptors (Lipinski definition) is 5. The van der Waals surface area contributed by atoms with Gasteiger partial charge in [0.25, 0.3) is 0 Å². The number of aryl methyl sites for hydroxylation is 2. The maximum atomic E-state index is 6.29. The zero-order valence-corrected chi connectivity index (χ0v) is 18.4. The lowest BCUT2D eigenvalue weighted by Gasteiger charge is -2.09. The van der Waals surface area contributed by atoms with Crippen molar-refractivity contribution in [2.45, 2.75) is 20.3 Å². The summed E-state index contributed by atoms with van der Waals surface area (Å²) in [5.41, 5.74) is 14.0. The van der Waals surface area contributed by atoms with Crippen molar-refractivity contribution in [1.29, 1.82) is 0 Å². The van der Waals surface area contributed by atoms with E-state index in [0.717, 1.165) is 34.3 Å². The third-order valence-electron chi connectivity index (χ3n) is 6.09. The zero-order valence-electron chi connectivity index (χ0n) is 18.4. The third-order valence-corrected chi connectivity index (χ3v) is 6.09. The summed E-state index contributed by atoms with van der Waals surface area (Å²) in [4.78, 5) is 15.7. The van der Waals surface area contributed by atoms with Gasteiger partial charge in [0.1, 0.15) is 11.6 Å². The highest BCUT2D eigenvalue weighted by atomic mass is 16.5. The number of fused-ring (bicyclic) bond motifs is 2. The van der Waals surface area contributed by atoms with Gasteiger partial charge in [-0.05, 0) is 61.2 Å². The molecule has 0 bridgehead atoms. The monoisotopic (exact) mass is 426 g/mol. The van der Waals surface area contributed by atoms with Gasteiger partial charge in [-0.2, -0.15) is 4.98 Å². The number of aromatic amines is 2. The first kappa shape index (κ1) is 19.9. The van der Waals surface area contributed by atoms with Crippen molar-refractivity contribution >= 4 is 33.6 Å². The van der Waals surface area contributed by atoms with Crippen LogP contribution in [-0.2, 0) is 6.42 Å². The summed E-state index contributed by atoms with van der Waals surface area (Å²) in [5.74, 6) is 1.84. The van der Waals surface area contributed by atoms with Crippen molar-refractivity contribution < 1.29 is 4.74 Å². The SMILES string of the molecule is COc1ccc2c(CCNc3ncc(-c4ccc5[nH]c(C)c(C)c5c4)c(N)n3)c[nH]c2c1. The van der Waals surface area contributed by atoms with E-state index in [1.165, 1.54) is 27.6 Å². The first-order chi connectivity index (χ1) is 15.5. The van der Waals surface area contributed by atoms with E-state index >= 15 is 0 Å². The van der Waals surface area contributed by atoms with Crippen molar-refractivity contribution in [2.75, 3.05) is 24.7 Å². The Balaban J connectivity index is 1.30. The number of benzene rings is 2. The molecule has 5 N–H and O–H groups in total. The van der Waals surface area contributed by atoms with Crippen LogP contribution >= 0.6 is 0 Å². The summed E-state index contributed by atoms with van der Waals surface area (Å²) in [7, 11) is 1.67. The molecule has 0 amide bonds. The molecule has 0 spiro atoms. The summed E-state index contributed by atoms with van der Waals surface area (Å²) in [6.07, 6.45) is 4.66. The fraction of sp³-hybridized carbons (Fsp3) is 0.200. The van der Waals surface area contributed by atoms with Crippen LogP contribution in [0.15, 0.2) is 48.8 Å². The molecule has 0 saturated carbocycles. The van der Waals surface area contributed by atoms with Crippen molar-refractivity contribution in [1.82, 2.24) is 19.9 Å². The van der Waals surface area contributed by atoms with Crippen molar-refractivity contribution in [3.05, 3.63) is 65.6 Å². The van der Waals surface area contributed by atoms with E-state index in [9.17, 15) is 0 Å². The second kappa shape index (κ2) is 7.92. The highest BCUT2D eigenvalue weighted by molar-refractivity contribution is 5.90. The van der Waals surface area contributed by atoms with Gasteiger partial charge < -0.3 is 25.8 Å². The summed E-state index contributed by atoms with van der Waals surface area (Å²) < 4.78 is 5.29. The summed E-state index contributed by atoms with van der Waals surface area (Å²) >= 11 is 0. The van der Waals surface area contributed by atoms with Gasteiger partial charge in [0.05, 0.1) is 7.11 Å². The predicted molar refractivity (Wildman–Crippen MR) is 130 cm³/mol. The molecule has 7 heteroatoms. The van der Waals surface area contributed by atoms with Crippen LogP contribution in [0.3, 0.4) is 0 Å². The van der Waals surface area contributed by atoms with Gasteiger partial charge in [0.2, 0.25) is 5.95 Å². The van der Waals surface area contributed by atoms with Gasteiger partial charge in [-0.1, -0.05) is 6.07 Å². The number of nitrogen functional groups attached to an aromatic ring is 1. The van der Waals surface area contributed by atoms with Gasteiger partial charge >= 0.3 is 0 Å². The van der Waals surface area contributed by atoms with Gasteiger partial charge in [-0.25, -0.2) is 4.98 Å². The molecule has 0 aliphatic rings. The highest BCUT2D eigenvalue weighted by Gasteiger charge is 2.11. The summed E-state index contributed by atoms with van der Waals surface area (Å²) in [5, 5.41) is 5.67. The van der Waals surface area contributed by atoms with Gasteiger partial charge in [-0.3, -0.25) is 0 Å². The molecule has 5 rings (SSSR count). The number of hydrogen-bond donors (Lipinski definition) is 4. The molecule has 0 aliphatic heterocycles. The molecule has 0 aliphatic carbocycles. The number of rotatable bonds is 6. The largest absolute Gasteiger partial charge is 0.497 e. The fourth-order valence-electron chi connectivity index (χ4n) is 4.14. The van der Waals surface area contributed by atoms with Crippen LogP contribution in [0, 0.1) is 13.8 Å². The fourth-order valence-corrected chi connectivity index (χ4v) is 4.14. The number of ether oxygens (including phenoxy) is 1. The van der Waals surface area contributed by atoms with E-state index in [2.05, 4.69) is 57.3 Å². The molecule has 3 heterocycles. The lowest BCUT2D eigenvalue weighted by molar-refractivity contribution is 0.415. The quantitative estimate of drug-likeness (QED) is 0.307. The normalized spacial score (nSPS) is 11.3. The molecule has 162 valence electrons. The first-order valence-corrected chi connectivity index (χ1v) is 10.6. The number of nitrogens with two attached hydrogens (primary N) is 1. The van der Waals surface area contributed by atoms with E-state index in [0.29, 0.717) is 18.3 Å². The second-order valence-corrected chi connectivity index (χ2v) is 8.03. The minimum Gasteiger partial charge on any atom is -0.497 e. The number of methoxy groups -OCH3 is 1. The zero-order chi connectivity index (χ0) is 22.2. The van der Waals surface area contributed by atoms with Crippen molar-refractivity contribution in [3.63, 3.8) is 0 Å². The molecule has 32 heavy (non-hydrogen) atoms. The number of nitrogens with one attached hydrogen (secondary N) is 3. The Morgan fingerprint density at radius 2 is 1.94 bits per heavy atom. The number of nitrogens with zero attached hydrogens (tertiary/aromatic N) is 2. The molecule has 3 aromatic heterocycles. The lowest BCUT2D eigenvalue weighted by atomic mass is 10.0. The van der Waals surface area contributed by atoms with Crippen LogP contribution in [0.5, 0.6) is 5.75 Å². The topological polar surface area (TPSA) is 105 Å². The summed E-state index contributed by atoms with van der Waals surface area (Å²) in [6, 6.07) is 12.3. The number of aromatic nitrogens is 4. The lowest BCUT2D eigenvalue weighted by Crippen LogP contribution is -2.09. The predicted octanol–water partition coefficient (Wildman–Crippen LogP) is 4.97. The molecule has 0 atom stereocenters. The van der Waals surface area contributed by atoms with Crippen molar-refractivity contribution in [2.24, 2.45) is 0 Å². The van der Waals surface area contributed by atoms with E-state index in [4.69, 9.17) is 10.5 Å². The van der Waals surface area contributed by atoms with Gasteiger partial charge in [0.15, 0.2) is 0 Å². The van der Waals surface area contributed by atoms with Crippen molar-refractivity contribution in [3.8, 4) is 16.9 Å². The Kier molecular flexibility index (Phi) is 4.93. The van der Waals surface area contributed by atoms with Gasteiger partial charge in [0, 0.05) is 58.1 Å². The Morgan fingerprint density at radius 1 is 1.06 bits per heavy atom. The summed E-state index contributed by atoms with van der Waals surface area (Å²) in [6.45, 7) is 4.90. The average Bonchev–Trinajstić information content (AvgIpc) is 3.33. The molecule has 7 nitrogen and oxygen atoms in total. The first-order valence-electron chi connectivity index (χ1n) is 10.6. The van der Waals surface area contributed by atoms with E-state index in [1.807, 2.05) is 24.4 Å². The third kappa shape index (κ3) is 3.51. The Bertz CT molecular complexity index is 1430. The molecule has 2 aromatic carbocycles. The van der Waals surface area contributed by atoms with E-state index in [-0.39, 0.29) is 0 Å². The Morgan fingerprint density at radius 3 is 2.75 bits per heavy atom. The molecular formula is C25H26N6O. The van der Waals surface area contributed by atoms with Crippen LogP contribution < -0.4 is 15.8 Å². The maximum absolute atomic E-state index is 6.29. The minimum absolute atomic E-state index is 0.464. The molecule has 0 radical (unpaired) electrons. The van der Waals surface area contributed by atoms with Gasteiger partial charge in [-0.15, -0.1) is 0 Å². The van der Waals surface area contributed by atoms with Crippen LogP contribution in [0.4, 0.5) is 11.8 Å². The standard InChI is InChI=1S/C25H26N6O/c1-14-15(2)30-22-7-4-16(10-20(14)22)21-13-29-25(31-24(21)26)27-9-8-17-12-28-23-11-18(32-3)5-6-19(17)23/h4-7,10-13,28,30H,8-9H2,1-3H3,(H3,26,27,29,31). The van der Waals surface area contributed by atoms with E-state index < -0.39 is 0 Å². The molecule has 0 fully saturated rings. The maximum Gasteiger partial charge on any atom is 0.224 e. The Hall–Kier alpha value is -4.00. The molecular weight excluding hydrogens is 400 g/mol. The van der Waals surface area contributed by atoms with Crippen LogP contribution in [0.25, 0.3) is 32.9 Å². The smallest absolute Gasteiger partial charge is 0.224 e. The van der Waals surface area contributed by atoms with E-state index in [1.54, 1.807) is 13.3 Å². The Labute approximate surface area is 186 Å². The highest BCUT2D eigenvalue weighted by Crippen LogP contribution is 2.30. The van der Waals surface area contributed by atoms with Crippen LogP contribution in [-0.4, -0.2) is 33.6 Å². The average molecular weight is 427 g/mol. The van der Waals surface area contributed by atoms with Crippen LogP contribution in [0.2, 0.25) is 0 Å². The molecule has 0 saturated heterocycles.